The maximum Gasteiger partial charge on any atom is 0.250 e. The summed E-state index contributed by atoms with van der Waals surface area (Å²) in [6, 6.07) is 7.08. The summed E-state index contributed by atoms with van der Waals surface area (Å²) in [6.07, 6.45) is 0. The second-order valence-electron chi connectivity index (χ2n) is 5.61. The van der Waals surface area contributed by atoms with Gasteiger partial charge < -0.3 is 4.74 Å². The first-order chi connectivity index (χ1) is 12.3. The first-order valence-electron chi connectivity index (χ1n) is 7.68. The summed E-state index contributed by atoms with van der Waals surface area (Å²) in [5.41, 5.74) is 1.28. The van der Waals surface area contributed by atoms with Crippen LogP contribution in [0.1, 0.15) is 23.5 Å². The third-order valence-corrected chi connectivity index (χ3v) is 7.64. The first kappa shape index (κ1) is 19.0. The Labute approximate surface area is 159 Å². The van der Waals surface area contributed by atoms with Gasteiger partial charge in [0.05, 0.1) is 22.7 Å². The Bertz CT molecular complexity index is 1030. The van der Waals surface area contributed by atoms with Gasteiger partial charge in [-0.15, -0.1) is 22.7 Å². The fraction of sp³-hybridized carbons (Fsp3) is 0.235. The van der Waals surface area contributed by atoms with Crippen LogP contribution in [0.4, 0.5) is 4.39 Å². The van der Waals surface area contributed by atoms with E-state index in [2.05, 4.69) is 9.71 Å². The Kier molecular flexibility index (Phi) is 5.42. The van der Waals surface area contributed by atoms with Gasteiger partial charge in [-0.25, -0.2) is 22.5 Å². The molecule has 0 saturated carbocycles. The summed E-state index contributed by atoms with van der Waals surface area (Å²) in [6.45, 7) is 3.56. The topological polar surface area (TPSA) is 68.3 Å². The molecule has 0 fully saturated rings. The van der Waals surface area contributed by atoms with Crippen molar-refractivity contribution in [1.29, 1.82) is 0 Å². The second-order valence-corrected chi connectivity index (χ2v) is 9.69. The zero-order chi connectivity index (χ0) is 18.9. The molecular formula is C17H17FN2O3S3. The number of rotatable bonds is 6. The lowest BCUT2D eigenvalue weighted by Gasteiger charge is -2.14. The number of nitrogens with one attached hydrogen (secondary N) is 1. The number of sulfonamides is 1. The van der Waals surface area contributed by atoms with Gasteiger partial charge in [0.1, 0.15) is 4.21 Å². The summed E-state index contributed by atoms with van der Waals surface area (Å²) in [4.78, 5) is 5.16. The zero-order valence-corrected chi connectivity index (χ0v) is 16.8. The molecule has 3 rings (SSSR count). The molecule has 0 amide bonds. The largest absolute Gasteiger partial charge is 0.494 e. The highest BCUT2D eigenvalue weighted by Crippen LogP contribution is 2.32. The Hall–Kier alpha value is -1.81. The molecule has 2 aromatic heterocycles. The Morgan fingerprint density at radius 2 is 2.04 bits per heavy atom. The van der Waals surface area contributed by atoms with E-state index in [1.54, 1.807) is 25.1 Å². The number of aromatic nitrogens is 1. The van der Waals surface area contributed by atoms with Gasteiger partial charge in [-0.2, -0.15) is 0 Å². The van der Waals surface area contributed by atoms with E-state index < -0.39 is 21.9 Å². The number of aryl methyl sites for hydroxylation is 1. The van der Waals surface area contributed by atoms with E-state index in [9.17, 15) is 12.8 Å². The second kappa shape index (κ2) is 7.43. The van der Waals surface area contributed by atoms with Crippen molar-refractivity contribution in [3.63, 3.8) is 0 Å². The van der Waals surface area contributed by atoms with Crippen LogP contribution in [-0.2, 0) is 10.0 Å². The van der Waals surface area contributed by atoms with E-state index in [1.807, 2.05) is 12.3 Å². The van der Waals surface area contributed by atoms with Crippen molar-refractivity contribution in [1.82, 2.24) is 9.71 Å². The summed E-state index contributed by atoms with van der Waals surface area (Å²) in [5.74, 6) is -0.418. The zero-order valence-electron chi connectivity index (χ0n) is 14.3. The molecule has 1 atom stereocenters. The average molecular weight is 413 g/mol. The van der Waals surface area contributed by atoms with Crippen LogP contribution >= 0.6 is 22.7 Å². The van der Waals surface area contributed by atoms with Crippen molar-refractivity contribution in [3.8, 4) is 16.3 Å². The normalized spacial score (nSPS) is 12.9. The summed E-state index contributed by atoms with van der Waals surface area (Å²) < 4.78 is 46.8. The predicted octanol–water partition coefficient (Wildman–Crippen LogP) is 4.37. The van der Waals surface area contributed by atoms with Crippen LogP contribution in [0.25, 0.3) is 10.6 Å². The number of hydrogen-bond acceptors (Lipinski definition) is 6. The molecule has 0 aliphatic heterocycles. The molecule has 0 spiro atoms. The van der Waals surface area contributed by atoms with Gasteiger partial charge >= 0.3 is 0 Å². The van der Waals surface area contributed by atoms with Gasteiger partial charge in [-0.1, -0.05) is 6.07 Å². The Morgan fingerprint density at radius 1 is 1.27 bits per heavy atom. The molecule has 1 aromatic carbocycles. The van der Waals surface area contributed by atoms with Gasteiger partial charge in [-0.3, -0.25) is 0 Å². The SMILES string of the molecule is COc1ccc([C@@H](C)NS(=O)(=O)c2ccc(-c3csc(C)n3)s2)cc1F. The van der Waals surface area contributed by atoms with E-state index in [4.69, 9.17) is 4.74 Å². The Morgan fingerprint density at radius 3 is 2.65 bits per heavy atom. The van der Waals surface area contributed by atoms with Gasteiger partial charge in [-0.05, 0) is 43.7 Å². The van der Waals surface area contributed by atoms with Gasteiger partial charge in [0.25, 0.3) is 10.0 Å². The predicted molar refractivity (Wildman–Crippen MR) is 102 cm³/mol. The van der Waals surface area contributed by atoms with E-state index in [0.29, 0.717) is 5.56 Å². The fourth-order valence-electron chi connectivity index (χ4n) is 2.39. The van der Waals surface area contributed by atoms with Crippen LogP contribution in [-0.4, -0.2) is 20.5 Å². The van der Waals surface area contributed by atoms with Crippen LogP contribution in [0.3, 0.4) is 0 Å². The Balaban J connectivity index is 1.80. The number of benzene rings is 1. The molecule has 138 valence electrons. The molecule has 0 aliphatic rings. The molecule has 0 radical (unpaired) electrons. The van der Waals surface area contributed by atoms with Crippen LogP contribution in [0.2, 0.25) is 0 Å². The molecule has 0 aliphatic carbocycles. The summed E-state index contributed by atoms with van der Waals surface area (Å²) in [7, 11) is -2.35. The third-order valence-electron chi connectivity index (χ3n) is 3.73. The molecule has 2 heterocycles. The van der Waals surface area contributed by atoms with Crippen LogP contribution in [0.15, 0.2) is 39.9 Å². The molecule has 0 unspecified atom stereocenters. The lowest BCUT2D eigenvalue weighted by molar-refractivity contribution is 0.386. The molecule has 9 heteroatoms. The quantitative estimate of drug-likeness (QED) is 0.653. The molecule has 3 aromatic rings. The minimum Gasteiger partial charge on any atom is -0.494 e. The van der Waals surface area contributed by atoms with Gasteiger partial charge in [0.15, 0.2) is 11.6 Å². The first-order valence-corrected chi connectivity index (χ1v) is 10.9. The molecular weight excluding hydrogens is 395 g/mol. The van der Waals surface area contributed by atoms with E-state index in [0.717, 1.165) is 26.9 Å². The fourth-order valence-corrected chi connectivity index (χ4v) is 5.59. The van der Waals surface area contributed by atoms with Crippen molar-refractivity contribution >= 4 is 32.7 Å². The van der Waals surface area contributed by atoms with E-state index in [-0.39, 0.29) is 9.96 Å². The van der Waals surface area contributed by atoms with E-state index in [1.165, 1.54) is 30.6 Å². The molecule has 0 saturated heterocycles. The van der Waals surface area contributed by atoms with Gasteiger partial charge in [0.2, 0.25) is 0 Å². The number of methoxy groups -OCH3 is 1. The van der Waals surface area contributed by atoms with Crippen LogP contribution in [0.5, 0.6) is 5.75 Å². The highest BCUT2D eigenvalue weighted by atomic mass is 32.2. The number of thiazole rings is 1. The van der Waals surface area contributed by atoms with E-state index >= 15 is 0 Å². The summed E-state index contributed by atoms with van der Waals surface area (Å²) >= 11 is 2.67. The van der Waals surface area contributed by atoms with Crippen molar-refractivity contribution in [2.75, 3.05) is 7.11 Å². The highest BCUT2D eigenvalue weighted by molar-refractivity contribution is 7.91. The molecule has 26 heavy (non-hydrogen) atoms. The van der Waals surface area contributed by atoms with Crippen molar-refractivity contribution in [3.05, 3.63) is 52.1 Å². The number of ether oxygens (including phenoxy) is 1. The van der Waals surface area contributed by atoms with Crippen molar-refractivity contribution in [2.24, 2.45) is 0 Å². The monoisotopic (exact) mass is 412 g/mol. The van der Waals surface area contributed by atoms with Crippen molar-refractivity contribution < 1.29 is 17.5 Å². The van der Waals surface area contributed by atoms with Crippen LogP contribution < -0.4 is 9.46 Å². The lowest BCUT2D eigenvalue weighted by Crippen LogP contribution is -2.26. The number of halogens is 1. The maximum atomic E-state index is 13.9. The standard InChI is InChI=1S/C17H17FN2O3S3/c1-10(12-4-5-15(23-3)13(18)8-12)20-26(21,22)17-7-6-16(25-17)14-9-24-11(2)19-14/h4-10,20H,1-3H3/t10-/m1/s1. The van der Waals surface area contributed by atoms with Crippen LogP contribution in [0, 0.1) is 12.7 Å². The third kappa shape index (κ3) is 3.96. The molecule has 1 N–H and O–H groups in total. The minimum atomic E-state index is -3.73. The van der Waals surface area contributed by atoms with Crippen molar-refractivity contribution in [2.45, 2.75) is 24.1 Å². The number of thiophene rings is 1. The average Bonchev–Trinajstić information content (AvgIpc) is 3.23. The van der Waals surface area contributed by atoms with Gasteiger partial charge in [0, 0.05) is 11.4 Å². The number of hydrogen-bond donors (Lipinski definition) is 1. The summed E-state index contributed by atoms with van der Waals surface area (Å²) in [5, 5.41) is 2.82. The minimum absolute atomic E-state index is 0.116. The molecule has 5 nitrogen and oxygen atoms in total. The maximum absolute atomic E-state index is 13.9. The number of nitrogens with zero attached hydrogens (tertiary/aromatic N) is 1. The lowest BCUT2D eigenvalue weighted by atomic mass is 10.1. The molecule has 0 bridgehead atoms. The smallest absolute Gasteiger partial charge is 0.250 e. The highest BCUT2D eigenvalue weighted by Gasteiger charge is 2.22.